The van der Waals surface area contributed by atoms with Crippen molar-refractivity contribution in [2.75, 3.05) is 10.6 Å². The highest BCUT2D eigenvalue weighted by Gasteiger charge is 2.67. The Morgan fingerprint density at radius 1 is 0.925 bits per heavy atom. The molecular weight excluding hydrogens is 611 g/mol. The Bertz CT molecular complexity index is 1550. The number of alkyl halides is 2. The van der Waals surface area contributed by atoms with Crippen LogP contribution in [0.4, 0.5) is 24.5 Å². The van der Waals surface area contributed by atoms with E-state index in [2.05, 4.69) is 17.2 Å². The van der Waals surface area contributed by atoms with Crippen molar-refractivity contribution >= 4 is 75.4 Å². The zero-order valence-corrected chi connectivity index (χ0v) is 23.4. The van der Waals surface area contributed by atoms with E-state index in [0.29, 0.717) is 5.56 Å². The van der Waals surface area contributed by atoms with Gasteiger partial charge in [0.25, 0.3) is 0 Å². The van der Waals surface area contributed by atoms with Crippen LogP contribution in [0.2, 0.25) is 10.0 Å². The van der Waals surface area contributed by atoms with Gasteiger partial charge in [-0.1, -0.05) is 41.4 Å². The number of rotatable bonds is 9. The summed E-state index contributed by atoms with van der Waals surface area (Å²) in [6, 6.07) is 10.0. The number of amides is 2. The van der Waals surface area contributed by atoms with Crippen molar-refractivity contribution in [3.8, 4) is 0 Å². The van der Waals surface area contributed by atoms with Gasteiger partial charge < -0.3 is 10.6 Å². The van der Waals surface area contributed by atoms with Crippen LogP contribution in [0.3, 0.4) is 0 Å². The monoisotopic (exact) mass is 628 g/mol. The third kappa shape index (κ3) is 6.15. The molecule has 3 aromatic carbocycles. The summed E-state index contributed by atoms with van der Waals surface area (Å²) >= 11 is 24.7. The number of Topliss-reactive ketones (excluding diaryl/α,β-unsaturated/α-hetero) is 1. The molecule has 0 aliphatic heterocycles. The van der Waals surface area contributed by atoms with E-state index in [1.54, 1.807) is 0 Å². The smallest absolute Gasteiger partial charge is 0.231 e. The second-order valence-corrected chi connectivity index (χ2v) is 11.3. The van der Waals surface area contributed by atoms with Crippen molar-refractivity contribution in [3.63, 3.8) is 0 Å². The van der Waals surface area contributed by atoms with Gasteiger partial charge in [0.05, 0.1) is 16.0 Å². The zero-order valence-electron chi connectivity index (χ0n) is 20.3. The van der Waals surface area contributed by atoms with E-state index in [9.17, 15) is 27.6 Å². The topological polar surface area (TPSA) is 75.3 Å². The van der Waals surface area contributed by atoms with E-state index in [-0.39, 0.29) is 33.3 Å². The minimum atomic E-state index is -1.48. The van der Waals surface area contributed by atoms with Gasteiger partial charge in [0, 0.05) is 30.0 Å². The number of halogens is 7. The van der Waals surface area contributed by atoms with Crippen molar-refractivity contribution in [1.29, 1.82) is 0 Å². The maximum absolute atomic E-state index is 15.0. The van der Waals surface area contributed by atoms with Gasteiger partial charge in [-0.25, -0.2) is 13.2 Å². The number of benzene rings is 3. The molecule has 2 amide bonds. The quantitative estimate of drug-likeness (QED) is 0.144. The van der Waals surface area contributed by atoms with Crippen LogP contribution >= 0.6 is 46.4 Å². The Morgan fingerprint density at radius 2 is 1.62 bits per heavy atom. The summed E-state index contributed by atoms with van der Waals surface area (Å²) in [5.74, 6) is -6.20. The number of carbonyl (C=O) groups is 3. The fourth-order valence-electron chi connectivity index (χ4n) is 4.25. The summed E-state index contributed by atoms with van der Waals surface area (Å²) in [5.41, 5.74) is -0.248. The van der Waals surface area contributed by atoms with Crippen molar-refractivity contribution in [2.24, 2.45) is 5.92 Å². The number of carbonyl (C=O) groups excluding carboxylic acids is 3. The molecule has 5 nitrogen and oxygen atoms in total. The Labute approximate surface area is 247 Å². The molecule has 0 spiro atoms. The molecule has 0 radical (unpaired) electrons. The van der Waals surface area contributed by atoms with E-state index in [4.69, 9.17) is 46.4 Å². The largest absolute Gasteiger partial charge is 0.326 e. The van der Waals surface area contributed by atoms with E-state index in [0.717, 1.165) is 18.2 Å². The molecule has 3 aromatic rings. The first-order valence-corrected chi connectivity index (χ1v) is 13.2. The molecule has 1 aliphatic rings. The Balaban J connectivity index is 1.51. The number of nitrogens with one attached hydrogen (secondary N) is 2. The highest BCUT2D eigenvalue weighted by atomic mass is 35.5. The van der Waals surface area contributed by atoms with Gasteiger partial charge in [0.2, 0.25) is 11.8 Å². The molecule has 2 N–H and O–H groups in total. The van der Waals surface area contributed by atoms with Crippen LogP contribution in [0.15, 0.2) is 61.2 Å². The van der Waals surface area contributed by atoms with Crippen LogP contribution in [-0.4, -0.2) is 21.9 Å². The minimum absolute atomic E-state index is 0.0271. The first-order valence-electron chi connectivity index (χ1n) is 11.7. The first kappa shape index (κ1) is 29.9. The lowest BCUT2D eigenvalue weighted by molar-refractivity contribution is -0.117. The van der Waals surface area contributed by atoms with Gasteiger partial charge in [-0.3, -0.25) is 14.4 Å². The minimum Gasteiger partial charge on any atom is -0.326 e. The molecule has 0 heterocycles. The Hall–Kier alpha value is -3.04. The van der Waals surface area contributed by atoms with Crippen LogP contribution in [0, 0.1) is 23.4 Å². The molecule has 12 heteroatoms. The molecule has 1 fully saturated rings. The van der Waals surface area contributed by atoms with Crippen molar-refractivity contribution in [1.82, 2.24) is 0 Å². The lowest BCUT2D eigenvalue weighted by Gasteiger charge is -2.12. The maximum atomic E-state index is 15.0. The molecule has 40 heavy (non-hydrogen) atoms. The summed E-state index contributed by atoms with van der Waals surface area (Å²) in [5, 5.41) is 4.64. The van der Waals surface area contributed by atoms with Gasteiger partial charge in [0.1, 0.15) is 21.7 Å². The van der Waals surface area contributed by atoms with E-state index in [1.807, 2.05) is 0 Å². The van der Waals surface area contributed by atoms with Crippen LogP contribution in [0.5, 0.6) is 0 Å². The fraction of sp³-hybridized carbons (Fsp3) is 0.179. The normalized spacial score (nSPS) is 17.2. The van der Waals surface area contributed by atoms with Crippen LogP contribution < -0.4 is 10.6 Å². The molecule has 0 unspecified atom stereocenters. The van der Waals surface area contributed by atoms with Gasteiger partial charge in [0.15, 0.2) is 11.6 Å². The average molecular weight is 630 g/mol. The lowest BCUT2D eigenvalue weighted by Crippen LogP contribution is -2.18. The predicted molar refractivity (Wildman–Crippen MR) is 150 cm³/mol. The third-order valence-corrected chi connectivity index (χ3v) is 7.85. The predicted octanol–water partition coefficient (Wildman–Crippen LogP) is 7.88. The van der Waals surface area contributed by atoms with Gasteiger partial charge in [-0.05, 0) is 47.5 Å². The van der Waals surface area contributed by atoms with E-state index in [1.165, 1.54) is 36.4 Å². The summed E-state index contributed by atoms with van der Waals surface area (Å²) in [6.45, 7) is 3.39. The van der Waals surface area contributed by atoms with Crippen molar-refractivity contribution < 1.29 is 27.6 Å². The fourth-order valence-corrected chi connectivity index (χ4v) is 5.49. The Morgan fingerprint density at radius 3 is 2.30 bits per heavy atom. The van der Waals surface area contributed by atoms with Crippen molar-refractivity contribution in [3.05, 3.63) is 105 Å². The molecule has 0 bridgehead atoms. The second kappa shape index (κ2) is 11.8. The number of hydrogen-bond donors (Lipinski definition) is 2. The maximum Gasteiger partial charge on any atom is 0.231 e. The molecule has 1 aliphatic carbocycles. The highest BCUT2D eigenvalue weighted by Crippen LogP contribution is 2.65. The van der Waals surface area contributed by atoms with E-state index >= 15 is 0 Å². The summed E-state index contributed by atoms with van der Waals surface area (Å²) in [6.07, 6.45) is 0.592. The second-order valence-electron chi connectivity index (χ2n) is 9.02. The average Bonchev–Trinajstić information content (AvgIpc) is 3.48. The van der Waals surface area contributed by atoms with E-state index < -0.39 is 63.3 Å². The van der Waals surface area contributed by atoms with Crippen LogP contribution in [-0.2, 0) is 16.0 Å². The van der Waals surface area contributed by atoms with Crippen molar-refractivity contribution in [2.45, 2.75) is 23.1 Å². The summed E-state index contributed by atoms with van der Waals surface area (Å²) in [4.78, 5) is 37.8. The Kier molecular flexibility index (Phi) is 8.85. The SMILES string of the molecule is C=CCC(=O)Nc1c(F)ccc(CC(=O)c2cc(NC(=O)[C@H]3[C@H](c4ccc(F)c(Cl)c4)C3(Cl)Cl)ccc2Cl)c1F. The molecule has 0 aromatic heterocycles. The summed E-state index contributed by atoms with van der Waals surface area (Å²) in [7, 11) is 0. The number of ketones is 1. The first-order chi connectivity index (χ1) is 18.8. The number of anilines is 2. The van der Waals surface area contributed by atoms with Gasteiger partial charge >= 0.3 is 0 Å². The van der Waals surface area contributed by atoms with Gasteiger partial charge in [-0.2, -0.15) is 0 Å². The molecule has 4 rings (SSSR count). The van der Waals surface area contributed by atoms with Crippen LogP contribution in [0.1, 0.15) is 33.8 Å². The third-order valence-electron chi connectivity index (χ3n) is 6.29. The molecular formula is C28H19Cl4F3N2O3. The molecule has 208 valence electrons. The zero-order chi connectivity index (χ0) is 29.4. The van der Waals surface area contributed by atoms with Gasteiger partial charge in [-0.15, -0.1) is 29.8 Å². The lowest BCUT2D eigenvalue weighted by atomic mass is 10.0. The number of hydrogen-bond acceptors (Lipinski definition) is 3. The molecule has 1 saturated carbocycles. The summed E-state index contributed by atoms with van der Waals surface area (Å²) < 4.78 is 41.2. The van der Waals surface area contributed by atoms with Crippen LogP contribution in [0.25, 0.3) is 0 Å². The molecule has 2 atom stereocenters. The molecule has 0 saturated heterocycles. The highest BCUT2D eigenvalue weighted by molar-refractivity contribution is 6.53. The standard InChI is InChI=1S/C28H19Cl4F3N2O3/c1-2-3-22(39)37-26-20(34)9-5-14(25(26)35)11-21(38)16-12-15(6-7-17(16)29)36-27(40)24-23(28(24,31)32)13-4-8-19(33)18(30)10-13/h2,4-10,12,23-24H,1,3,11H2,(H,36,40)(H,37,39)/t23-,24+/m0/s1.